The molecule has 0 bridgehead atoms. The number of nitrogens with zero attached hydrogens (tertiary/aromatic N) is 3. The molecule has 0 aliphatic carbocycles. The number of carbonyl (C=O) groups is 1. The van der Waals surface area contributed by atoms with E-state index in [0.29, 0.717) is 29.5 Å². The van der Waals surface area contributed by atoms with Crippen molar-refractivity contribution in [3.63, 3.8) is 0 Å². The molecule has 10 heteroatoms. The maximum atomic E-state index is 12.6. The number of hydrogen-bond acceptors (Lipinski definition) is 4. The van der Waals surface area contributed by atoms with Crippen LogP contribution in [0.2, 0.25) is 5.02 Å². The van der Waals surface area contributed by atoms with Crippen LogP contribution in [-0.4, -0.2) is 55.5 Å². The van der Waals surface area contributed by atoms with Crippen molar-refractivity contribution in [3.05, 3.63) is 58.9 Å². The molecule has 0 saturated carbocycles. The maximum absolute atomic E-state index is 12.6. The van der Waals surface area contributed by atoms with E-state index in [9.17, 15) is 13.6 Å². The minimum Gasteiger partial charge on any atom is -0.434 e. The van der Waals surface area contributed by atoms with Gasteiger partial charge in [-0.25, -0.2) is 0 Å². The van der Waals surface area contributed by atoms with Crippen LogP contribution in [0, 0.1) is 0 Å². The van der Waals surface area contributed by atoms with Crippen LogP contribution in [0.15, 0.2) is 47.6 Å². The fourth-order valence-electron chi connectivity index (χ4n) is 2.54. The lowest BCUT2D eigenvalue weighted by Crippen LogP contribution is -2.43. The fraction of sp³-hybridized carbons (Fsp3) is 0.350. The Morgan fingerprint density at radius 2 is 2.10 bits per heavy atom. The van der Waals surface area contributed by atoms with Gasteiger partial charge in [-0.15, -0.1) is 0 Å². The number of guanidine groups is 1. The summed E-state index contributed by atoms with van der Waals surface area (Å²) in [5.74, 6) is 0.227. The average molecular weight is 440 g/mol. The predicted molar refractivity (Wildman–Crippen MR) is 112 cm³/mol. The van der Waals surface area contributed by atoms with E-state index >= 15 is 0 Å². The summed E-state index contributed by atoms with van der Waals surface area (Å²) in [5.41, 5.74) is 1.34. The Hall–Kier alpha value is -2.94. The first-order valence-corrected chi connectivity index (χ1v) is 9.58. The summed E-state index contributed by atoms with van der Waals surface area (Å²) in [5, 5.41) is 6.25. The first-order chi connectivity index (χ1) is 14.4. The van der Waals surface area contributed by atoms with E-state index in [4.69, 9.17) is 11.6 Å². The number of amides is 1. The van der Waals surface area contributed by atoms with Crippen molar-refractivity contribution in [2.75, 3.05) is 27.2 Å². The van der Waals surface area contributed by atoms with Crippen LogP contribution in [0.3, 0.4) is 0 Å². The minimum absolute atomic E-state index is 0.0164. The fourth-order valence-corrected chi connectivity index (χ4v) is 2.74. The van der Waals surface area contributed by atoms with Gasteiger partial charge in [0.15, 0.2) is 5.96 Å². The average Bonchev–Trinajstić information content (AvgIpc) is 2.74. The van der Waals surface area contributed by atoms with Crippen molar-refractivity contribution in [1.29, 1.82) is 0 Å². The molecular weight excluding hydrogens is 416 g/mol. The number of pyridine rings is 1. The Morgan fingerprint density at radius 3 is 2.77 bits per heavy atom. The van der Waals surface area contributed by atoms with Crippen LogP contribution in [-0.2, 0) is 17.8 Å². The van der Waals surface area contributed by atoms with Crippen LogP contribution in [0.4, 0.5) is 8.78 Å². The zero-order valence-corrected chi connectivity index (χ0v) is 17.5. The summed E-state index contributed by atoms with van der Waals surface area (Å²) < 4.78 is 29.6. The van der Waals surface area contributed by atoms with Gasteiger partial charge in [0.05, 0.1) is 6.54 Å². The number of alkyl halides is 2. The van der Waals surface area contributed by atoms with E-state index in [0.717, 1.165) is 5.69 Å². The largest absolute Gasteiger partial charge is 0.434 e. The number of nitrogens with one attached hydrogen (secondary N) is 2. The molecular formula is C20H24ClF2N5O2. The number of rotatable bonds is 9. The van der Waals surface area contributed by atoms with E-state index in [1.807, 2.05) is 18.2 Å². The van der Waals surface area contributed by atoms with Gasteiger partial charge in [0.2, 0.25) is 5.91 Å². The third-order valence-corrected chi connectivity index (χ3v) is 4.41. The summed E-state index contributed by atoms with van der Waals surface area (Å²) >= 11 is 5.94. The van der Waals surface area contributed by atoms with Crippen molar-refractivity contribution in [3.8, 4) is 5.75 Å². The lowest BCUT2D eigenvalue weighted by Gasteiger charge is -2.19. The molecule has 2 rings (SSSR count). The van der Waals surface area contributed by atoms with Crippen LogP contribution >= 0.6 is 11.6 Å². The number of halogens is 3. The van der Waals surface area contributed by atoms with E-state index in [2.05, 4.69) is 25.3 Å². The summed E-state index contributed by atoms with van der Waals surface area (Å²) in [4.78, 5) is 22.2. The molecule has 1 aromatic carbocycles. The summed E-state index contributed by atoms with van der Waals surface area (Å²) in [6.45, 7) is -2.26. The van der Waals surface area contributed by atoms with Gasteiger partial charge in [-0.3, -0.25) is 14.8 Å². The van der Waals surface area contributed by atoms with Gasteiger partial charge in [0, 0.05) is 56.1 Å². The highest BCUT2D eigenvalue weighted by atomic mass is 35.5. The Labute approximate surface area is 179 Å². The molecule has 30 heavy (non-hydrogen) atoms. The first-order valence-electron chi connectivity index (χ1n) is 9.20. The summed E-state index contributed by atoms with van der Waals surface area (Å²) in [7, 11) is 3.25. The van der Waals surface area contributed by atoms with E-state index in [1.165, 1.54) is 18.2 Å². The topological polar surface area (TPSA) is 78.9 Å². The minimum atomic E-state index is -2.94. The Morgan fingerprint density at radius 1 is 1.30 bits per heavy atom. The molecule has 162 valence electrons. The van der Waals surface area contributed by atoms with Crippen molar-refractivity contribution < 1.29 is 18.3 Å². The normalized spacial score (nSPS) is 11.3. The standard InChI is InChI=1S/C20H24ClF2N5O2/c1-24-20(26-12-14-11-15(21)6-7-17(14)30-19(22)23)27-13-18(29)28(2)10-8-16-5-3-4-9-25-16/h3-7,9,11,19H,8,10,12-13H2,1-2H3,(H2,24,26,27). The zero-order valence-electron chi connectivity index (χ0n) is 16.7. The van der Waals surface area contributed by atoms with Crippen molar-refractivity contribution in [2.24, 2.45) is 4.99 Å². The predicted octanol–water partition coefficient (Wildman–Crippen LogP) is 2.70. The quantitative estimate of drug-likeness (QED) is 0.464. The molecule has 2 N–H and O–H groups in total. The number of carbonyl (C=O) groups excluding carboxylic acids is 1. The monoisotopic (exact) mass is 439 g/mol. The molecule has 0 atom stereocenters. The first kappa shape index (κ1) is 23.3. The molecule has 1 heterocycles. The maximum Gasteiger partial charge on any atom is 0.387 e. The smallest absolute Gasteiger partial charge is 0.387 e. The molecule has 0 aliphatic rings. The van der Waals surface area contributed by atoms with Crippen molar-refractivity contribution >= 4 is 23.5 Å². The number of likely N-dealkylation sites (N-methyl/N-ethyl adjacent to an activating group) is 1. The molecule has 7 nitrogen and oxygen atoms in total. The second-order valence-corrected chi connectivity index (χ2v) is 6.73. The van der Waals surface area contributed by atoms with Crippen LogP contribution in [0.5, 0.6) is 5.75 Å². The number of benzene rings is 1. The number of aromatic nitrogens is 1. The SMILES string of the molecule is CN=C(NCC(=O)N(C)CCc1ccccn1)NCc1cc(Cl)ccc1OC(F)F. The molecule has 0 unspecified atom stereocenters. The molecule has 0 saturated heterocycles. The van der Waals surface area contributed by atoms with Gasteiger partial charge in [0.25, 0.3) is 0 Å². The molecule has 0 spiro atoms. The Kier molecular flexibility index (Phi) is 9.27. The summed E-state index contributed by atoms with van der Waals surface area (Å²) in [6.07, 6.45) is 2.36. The Balaban J connectivity index is 1.83. The lowest BCUT2D eigenvalue weighted by molar-refractivity contribution is -0.128. The molecule has 1 amide bonds. The van der Waals surface area contributed by atoms with E-state index in [-0.39, 0.29) is 24.7 Å². The molecule has 0 aliphatic heterocycles. The number of ether oxygens (including phenoxy) is 1. The summed E-state index contributed by atoms with van der Waals surface area (Å²) in [6, 6.07) is 10.0. The van der Waals surface area contributed by atoms with Gasteiger partial charge < -0.3 is 20.3 Å². The van der Waals surface area contributed by atoms with Gasteiger partial charge in [-0.2, -0.15) is 8.78 Å². The third kappa shape index (κ3) is 7.82. The molecule has 0 fully saturated rings. The molecule has 2 aromatic rings. The van der Waals surface area contributed by atoms with E-state index < -0.39 is 6.61 Å². The second-order valence-electron chi connectivity index (χ2n) is 6.30. The van der Waals surface area contributed by atoms with Gasteiger partial charge in [-0.05, 0) is 30.3 Å². The highest BCUT2D eigenvalue weighted by Gasteiger charge is 2.13. The van der Waals surface area contributed by atoms with Crippen LogP contribution < -0.4 is 15.4 Å². The van der Waals surface area contributed by atoms with Gasteiger partial charge >= 0.3 is 6.61 Å². The molecule has 0 radical (unpaired) electrons. The van der Waals surface area contributed by atoms with Gasteiger partial charge in [0.1, 0.15) is 5.75 Å². The number of aliphatic imine (C=N–C) groups is 1. The Bertz CT molecular complexity index is 852. The highest BCUT2D eigenvalue weighted by molar-refractivity contribution is 6.30. The van der Waals surface area contributed by atoms with Crippen molar-refractivity contribution in [1.82, 2.24) is 20.5 Å². The zero-order chi connectivity index (χ0) is 21.9. The lowest BCUT2D eigenvalue weighted by atomic mass is 10.2. The van der Waals surface area contributed by atoms with Crippen molar-refractivity contribution in [2.45, 2.75) is 19.6 Å². The molecule has 1 aromatic heterocycles. The number of hydrogen-bond donors (Lipinski definition) is 2. The van der Waals surface area contributed by atoms with Gasteiger partial charge in [-0.1, -0.05) is 17.7 Å². The second kappa shape index (κ2) is 11.9. The van der Waals surface area contributed by atoms with Crippen LogP contribution in [0.1, 0.15) is 11.3 Å². The highest BCUT2D eigenvalue weighted by Crippen LogP contribution is 2.24. The van der Waals surface area contributed by atoms with E-state index in [1.54, 1.807) is 25.2 Å². The third-order valence-electron chi connectivity index (χ3n) is 4.17. The van der Waals surface area contributed by atoms with Crippen LogP contribution in [0.25, 0.3) is 0 Å².